The molecule has 0 aliphatic carbocycles. The first-order valence-electron chi connectivity index (χ1n) is 16.5. The molecular weight excluding hydrogens is 901 g/mol. The molecular formula is C27H48O24S6. The normalized spacial score (nSPS) is 24.1. The fourth-order valence-electron chi connectivity index (χ4n) is 4.52. The molecule has 0 saturated carbocycles. The first-order valence-corrected chi connectivity index (χ1v) is 26.1. The Bertz CT molecular complexity index is 2090. The van der Waals surface area contributed by atoms with E-state index in [4.69, 9.17) is 40.4 Å². The van der Waals surface area contributed by atoms with Crippen LogP contribution < -0.4 is 0 Å². The highest BCUT2D eigenvalue weighted by molar-refractivity contribution is 7.88. The second kappa shape index (κ2) is 20.4. The topological polar surface area (TPSA) is 372 Å². The van der Waals surface area contributed by atoms with Crippen molar-refractivity contribution in [2.45, 2.75) is 77.9 Å². The van der Waals surface area contributed by atoms with Crippen molar-refractivity contribution in [1.29, 1.82) is 0 Å². The van der Waals surface area contributed by atoms with Gasteiger partial charge in [-0.15, -0.1) is 0 Å². The predicted molar refractivity (Wildman–Crippen MR) is 193 cm³/mol. The number of hydrogen-bond donors (Lipinski definition) is 3. The molecule has 3 saturated heterocycles. The van der Waals surface area contributed by atoms with Crippen LogP contribution in [0.2, 0.25) is 0 Å². The number of cyclic esters (lactones) is 3. The van der Waals surface area contributed by atoms with Crippen molar-refractivity contribution in [3.8, 4) is 0 Å². The molecule has 2 unspecified atom stereocenters. The molecule has 0 spiro atoms. The van der Waals surface area contributed by atoms with Crippen LogP contribution in [0, 0.1) is 10.8 Å². The van der Waals surface area contributed by atoms with Gasteiger partial charge in [0, 0.05) is 11.8 Å². The highest BCUT2D eigenvalue weighted by Gasteiger charge is 2.47. The smallest absolute Gasteiger partial charge is 0.337 e. The van der Waals surface area contributed by atoms with Gasteiger partial charge in [-0.2, -0.15) is 50.5 Å². The lowest BCUT2D eigenvalue weighted by Gasteiger charge is -2.21. The molecule has 0 aromatic heterocycles. The maximum atomic E-state index is 11.6. The zero-order valence-electron chi connectivity index (χ0n) is 31.3. The maximum absolute atomic E-state index is 11.6. The van der Waals surface area contributed by atoms with Crippen LogP contribution in [-0.4, -0.2) is 155 Å². The van der Waals surface area contributed by atoms with Gasteiger partial charge in [0.1, 0.15) is 12.2 Å². The minimum Gasteiger partial charge on any atom is -0.465 e. The van der Waals surface area contributed by atoms with E-state index in [1.807, 2.05) is 0 Å². The van der Waals surface area contributed by atoms with E-state index >= 15 is 0 Å². The van der Waals surface area contributed by atoms with Crippen molar-refractivity contribution in [2.24, 2.45) is 10.8 Å². The minimum atomic E-state index is -4.22. The summed E-state index contributed by atoms with van der Waals surface area (Å²) >= 11 is 0. The molecule has 24 nitrogen and oxygen atoms in total. The lowest BCUT2D eigenvalue weighted by molar-refractivity contribution is -0.149. The molecule has 3 aliphatic rings. The summed E-state index contributed by atoms with van der Waals surface area (Å²) in [6.07, 6.45) is -1.15. The van der Waals surface area contributed by atoms with Crippen molar-refractivity contribution in [2.75, 3.05) is 60.9 Å². The van der Waals surface area contributed by atoms with Crippen molar-refractivity contribution < 1.29 is 105 Å². The van der Waals surface area contributed by atoms with E-state index in [-0.39, 0.29) is 52.1 Å². The van der Waals surface area contributed by atoms with Crippen LogP contribution in [0.3, 0.4) is 0 Å². The summed E-state index contributed by atoms with van der Waals surface area (Å²) in [6, 6.07) is 0. The van der Waals surface area contributed by atoms with Gasteiger partial charge in [0.15, 0.2) is 6.10 Å². The van der Waals surface area contributed by atoms with E-state index in [1.54, 1.807) is 20.8 Å². The second-order valence-corrected chi connectivity index (χ2v) is 24.1. The lowest BCUT2D eigenvalue weighted by atomic mass is 9.90. The molecule has 0 aromatic carbocycles. The van der Waals surface area contributed by atoms with Crippen LogP contribution >= 0.6 is 0 Å². The number of hydrogen-bond acceptors (Lipinski definition) is 21. The van der Waals surface area contributed by atoms with Gasteiger partial charge in [0.25, 0.3) is 60.7 Å². The Morgan fingerprint density at radius 1 is 0.614 bits per heavy atom. The Kier molecular flexibility index (Phi) is 18.9. The molecule has 0 amide bonds. The number of carbonyl (C=O) groups is 3. The molecule has 3 rings (SSSR count). The maximum Gasteiger partial charge on any atom is 0.337 e. The highest BCUT2D eigenvalue weighted by atomic mass is 32.2. The predicted octanol–water partition coefficient (Wildman–Crippen LogP) is -1.17. The number of carbonyl (C=O) groups excluding carboxylic acids is 3. The van der Waals surface area contributed by atoms with Gasteiger partial charge in [-0.05, 0) is 46.0 Å². The van der Waals surface area contributed by atoms with Gasteiger partial charge < -0.3 is 14.2 Å². The average molecular weight is 949 g/mol. The van der Waals surface area contributed by atoms with Crippen molar-refractivity contribution in [3.63, 3.8) is 0 Å². The van der Waals surface area contributed by atoms with Crippen molar-refractivity contribution >= 4 is 78.6 Å². The van der Waals surface area contributed by atoms with Crippen molar-refractivity contribution in [3.05, 3.63) is 0 Å². The summed E-state index contributed by atoms with van der Waals surface area (Å²) in [7, 11) is -24.5. The number of rotatable bonds is 20. The third kappa shape index (κ3) is 22.2. The Balaban J connectivity index is 0.000000427. The Hall–Kier alpha value is -2.13. The molecule has 0 bridgehead atoms. The van der Waals surface area contributed by atoms with Gasteiger partial charge >= 0.3 is 17.9 Å². The lowest BCUT2D eigenvalue weighted by Crippen LogP contribution is -2.35. The molecule has 0 aromatic rings. The summed E-state index contributed by atoms with van der Waals surface area (Å²) in [5.74, 6) is -5.36. The van der Waals surface area contributed by atoms with E-state index in [9.17, 15) is 64.9 Å². The molecule has 57 heavy (non-hydrogen) atoms. The Morgan fingerprint density at radius 2 is 1.05 bits per heavy atom. The number of ether oxygens (including phenoxy) is 3. The van der Waals surface area contributed by atoms with Crippen LogP contribution in [0.4, 0.5) is 0 Å². The summed E-state index contributed by atoms with van der Waals surface area (Å²) < 4.78 is 186. The largest absolute Gasteiger partial charge is 0.465 e. The fraction of sp³-hybridized carbons (Fsp3) is 0.889. The summed E-state index contributed by atoms with van der Waals surface area (Å²) in [5, 5.41) is 0. The molecule has 0 radical (unpaired) electrons. The Labute approximate surface area is 332 Å². The molecule has 30 heteroatoms. The van der Waals surface area contributed by atoms with Crippen LogP contribution in [0.15, 0.2) is 0 Å². The summed E-state index contributed by atoms with van der Waals surface area (Å²) in [5.41, 5.74) is -2.73. The average Bonchev–Trinajstić information content (AvgIpc) is 3.63. The SMILES string of the molecule is CC1(C)COC(=O)[C@@H]1OS(=O)(=O)CCCS(=O)(=O)O.CC1(COS(=O)(=O)CCCS(=O)(=O)O)CCC(=O)O1.CC1(COS(=O)(=O)CCCS(=O)(=O)O)CCOC1=O. The monoisotopic (exact) mass is 948 g/mol. The van der Waals surface area contributed by atoms with Crippen LogP contribution in [-0.2, 0) is 102 Å². The molecule has 336 valence electrons. The summed E-state index contributed by atoms with van der Waals surface area (Å²) in [4.78, 5) is 33.6. The van der Waals surface area contributed by atoms with Gasteiger partial charge in [0.2, 0.25) is 0 Å². The summed E-state index contributed by atoms with van der Waals surface area (Å²) in [6.45, 7) is 5.99. The van der Waals surface area contributed by atoms with Gasteiger partial charge in [-0.1, -0.05) is 13.8 Å². The quantitative estimate of drug-likeness (QED) is 0.0560. The van der Waals surface area contributed by atoms with Crippen molar-refractivity contribution in [1.82, 2.24) is 0 Å². The zero-order valence-corrected chi connectivity index (χ0v) is 36.2. The highest BCUT2D eigenvalue weighted by Crippen LogP contribution is 2.32. The van der Waals surface area contributed by atoms with E-state index in [1.165, 1.54) is 6.92 Å². The number of esters is 3. The fourth-order valence-corrected chi connectivity index (χ4v) is 9.92. The third-order valence-electron chi connectivity index (χ3n) is 7.84. The van der Waals surface area contributed by atoms with E-state index in [2.05, 4.69) is 0 Å². The van der Waals surface area contributed by atoms with Gasteiger partial charge in [0.05, 0.1) is 59.8 Å². The molecule has 3 atom stereocenters. The zero-order chi connectivity index (χ0) is 44.4. The van der Waals surface area contributed by atoms with Crippen LogP contribution in [0.25, 0.3) is 0 Å². The van der Waals surface area contributed by atoms with E-state index in [0.717, 1.165) is 0 Å². The molecule has 3 heterocycles. The first-order chi connectivity index (χ1) is 25.5. The van der Waals surface area contributed by atoms with Crippen LogP contribution in [0.5, 0.6) is 0 Å². The van der Waals surface area contributed by atoms with Gasteiger partial charge in [-0.3, -0.25) is 35.8 Å². The first kappa shape index (κ1) is 52.9. The second-order valence-electron chi connectivity index (χ2n) is 14.2. The van der Waals surface area contributed by atoms with Gasteiger partial charge in [-0.25, -0.2) is 4.79 Å². The Morgan fingerprint density at radius 3 is 1.40 bits per heavy atom. The van der Waals surface area contributed by atoms with Crippen LogP contribution in [0.1, 0.15) is 66.2 Å². The third-order valence-corrected chi connectivity index (χ3v) is 14.1. The molecule has 3 aliphatic heterocycles. The molecule has 3 N–H and O–H groups in total. The minimum absolute atomic E-state index is 0.0526. The van der Waals surface area contributed by atoms with E-state index in [0.29, 0.717) is 12.8 Å². The molecule has 3 fully saturated rings. The van der Waals surface area contributed by atoms with E-state index < -0.39 is 136 Å². The standard InChI is InChI=1S/3C9H16O8S2/c1-9(2)6-16-8(10)7(9)17-19(14,15)5-3-4-18(11,12)13;1-9(3-4-16-8(9)10)7-17-19(14,15)6-2-5-18(11,12)13;1-9(4-3-8(10)17-9)7-16-19(14,15)6-2-5-18(11,12)13/h7H,3-6H2,1-2H3,(H,11,12,13);2*2-7H2,1H3,(H,11,12,13)/t7-;;/m0../s1.